The summed E-state index contributed by atoms with van der Waals surface area (Å²) in [4.78, 5) is 26.3. The van der Waals surface area contributed by atoms with E-state index in [0.717, 1.165) is 0 Å². The molecule has 9 heteroatoms. The van der Waals surface area contributed by atoms with Gasteiger partial charge in [0, 0.05) is 24.7 Å². The summed E-state index contributed by atoms with van der Waals surface area (Å²) in [5.41, 5.74) is 0. The molecule has 1 aromatic carbocycles. The molecule has 1 N–H and O–H groups in total. The molecule has 0 aromatic heterocycles. The molecule has 1 unspecified atom stereocenters. The molecule has 2 rings (SSSR count). The summed E-state index contributed by atoms with van der Waals surface area (Å²) in [6, 6.07) is 4.79. The van der Waals surface area contributed by atoms with Gasteiger partial charge in [-0.2, -0.15) is 0 Å². The maximum atomic E-state index is 12.3. The molecule has 1 amide bonds. The molecule has 1 aliphatic heterocycles. The number of hydrogen-bond donors (Lipinski definition) is 1. The van der Waals surface area contributed by atoms with Gasteiger partial charge in [-0.05, 0) is 25.2 Å². The Balaban J connectivity index is 1.83. The van der Waals surface area contributed by atoms with Crippen LogP contribution in [0.1, 0.15) is 0 Å². The topological polar surface area (TPSA) is 79.3 Å². The van der Waals surface area contributed by atoms with Crippen LogP contribution in [0.4, 0.5) is 0 Å². The lowest BCUT2D eigenvalue weighted by molar-refractivity contribution is -0.143. The standard InChI is InChI=1S/C16H20Cl2N2O5/c1-19(9-16(22)23)7-12-8-20(4-5-24-12)15(21)10-25-14-3-2-11(17)6-13(14)18/h2-3,6,12H,4-5,7-10H2,1H3,(H,22,23). The first-order valence-electron chi connectivity index (χ1n) is 7.72. The van der Waals surface area contributed by atoms with Crippen molar-refractivity contribution in [1.82, 2.24) is 9.80 Å². The van der Waals surface area contributed by atoms with E-state index in [1.54, 1.807) is 35.0 Å². The zero-order chi connectivity index (χ0) is 18.4. The van der Waals surface area contributed by atoms with E-state index in [-0.39, 0.29) is 25.2 Å². The highest BCUT2D eigenvalue weighted by Crippen LogP contribution is 2.27. The Bertz CT molecular complexity index is 629. The van der Waals surface area contributed by atoms with Crippen molar-refractivity contribution in [2.45, 2.75) is 6.10 Å². The number of morpholine rings is 1. The molecule has 0 saturated carbocycles. The first kappa shape index (κ1) is 19.8. The van der Waals surface area contributed by atoms with E-state index in [0.29, 0.717) is 42.0 Å². The van der Waals surface area contributed by atoms with Gasteiger partial charge >= 0.3 is 5.97 Å². The third-order valence-corrected chi connectivity index (χ3v) is 4.19. The second kappa shape index (κ2) is 9.24. The first-order valence-corrected chi connectivity index (χ1v) is 8.48. The number of hydrogen-bond acceptors (Lipinski definition) is 5. The van der Waals surface area contributed by atoms with Crippen molar-refractivity contribution < 1.29 is 24.2 Å². The largest absolute Gasteiger partial charge is 0.482 e. The summed E-state index contributed by atoms with van der Waals surface area (Å²) < 4.78 is 11.1. The minimum atomic E-state index is -0.903. The van der Waals surface area contributed by atoms with Gasteiger partial charge in [-0.25, -0.2) is 0 Å². The van der Waals surface area contributed by atoms with E-state index < -0.39 is 5.97 Å². The minimum absolute atomic E-state index is 0.0774. The summed E-state index contributed by atoms with van der Waals surface area (Å²) in [6.45, 7) is 1.47. The lowest BCUT2D eigenvalue weighted by Gasteiger charge is -2.34. The second-order valence-corrected chi connectivity index (χ2v) is 6.63. The van der Waals surface area contributed by atoms with Gasteiger partial charge in [0.2, 0.25) is 0 Å². The maximum absolute atomic E-state index is 12.3. The van der Waals surface area contributed by atoms with Crippen LogP contribution in [0.15, 0.2) is 18.2 Å². The summed E-state index contributed by atoms with van der Waals surface area (Å²) in [5.74, 6) is -0.690. The molecule has 0 aliphatic carbocycles. The minimum Gasteiger partial charge on any atom is -0.482 e. The zero-order valence-corrected chi connectivity index (χ0v) is 15.3. The van der Waals surface area contributed by atoms with Crippen molar-refractivity contribution in [3.63, 3.8) is 0 Å². The van der Waals surface area contributed by atoms with Crippen molar-refractivity contribution in [3.05, 3.63) is 28.2 Å². The fourth-order valence-corrected chi connectivity index (χ4v) is 2.99. The number of amides is 1. The highest BCUT2D eigenvalue weighted by molar-refractivity contribution is 6.35. The predicted octanol–water partition coefficient (Wildman–Crippen LogP) is 1.62. The number of aliphatic carboxylic acids is 1. The molecule has 7 nitrogen and oxygen atoms in total. The van der Waals surface area contributed by atoms with Crippen LogP contribution >= 0.6 is 23.2 Å². The van der Waals surface area contributed by atoms with Crippen LogP contribution in [0, 0.1) is 0 Å². The van der Waals surface area contributed by atoms with Crippen LogP contribution in [0.25, 0.3) is 0 Å². The van der Waals surface area contributed by atoms with Crippen molar-refractivity contribution in [1.29, 1.82) is 0 Å². The molecule has 1 aliphatic rings. The summed E-state index contributed by atoms with van der Waals surface area (Å²) in [5, 5.41) is 9.62. The van der Waals surface area contributed by atoms with Gasteiger partial charge in [0.25, 0.3) is 5.91 Å². The Kier molecular flexibility index (Phi) is 7.31. The van der Waals surface area contributed by atoms with Gasteiger partial charge in [0.1, 0.15) is 5.75 Å². The number of carboxylic acid groups (broad SMARTS) is 1. The molecule has 0 spiro atoms. The zero-order valence-electron chi connectivity index (χ0n) is 13.8. The molecular formula is C16H20Cl2N2O5. The number of halogens is 2. The lowest BCUT2D eigenvalue weighted by atomic mass is 10.2. The molecule has 0 bridgehead atoms. The van der Waals surface area contributed by atoms with Crippen LogP contribution in [0.2, 0.25) is 10.0 Å². The number of benzene rings is 1. The maximum Gasteiger partial charge on any atom is 0.317 e. The quantitative estimate of drug-likeness (QED) is 0.761. The fourth-order valence-electron chi connectivity index (χ4n) is 2.52. The van der Waals surface area contributed by atoms with E-state index in [1.165, 1.54) is 0 Å². The third-order valence-electron chi connectivity index (χ3n) is 3.66. The second-order valence-electron chi connectivity index (χ2n) is 5.79. The van der Waals surface area contributed by atoms with Gasteiger partial charge in [-0.3, -0.25) is 14.5 Å². The highest BCUT2D eigenvalue weighted by atomic mass is 35.5. The molecule has 1 fully saturated rings. The number of nitrogens with zero attached hydrogens (tertiary/aromatic N) is 2. The molecule has 1 atom stereocenters. The molecule has 1 heterocycles. The van der Waals surface area contributed by atoms with Crippen LogP contribution < -0.4 is 4.74 Å². The number of carboxylic acids is 1. The molecular weight excluding hydrogens is 371 g/mol. The van der Waals surface area contributed by atoms with Crippen LogP contribution in [0.3, 0.4) is 0 Å². The third kappa shape index (κ3) is 6.36. The summed E-state index contributed by atoms with van der Waals surface area (Å²) in [7, 11) is 1.70. The van der Waals surface area contributed by atoms with Crippen LogP contribution in [0.5, 0.6) is 5.75 Å². The van der Waals surface area contributed by atoms with Gasteiger partial charge in [-0.1, -0.05) is 23.2 Å². The monoisotopic (exact) mass is 390 g/mol. The average Bonchev–Trinajstić information content (AvgIpc) is 2.53. The number of likely N-dealkylation sites (N-methyl/N-ethyl adjacent to an activating group) is 1. The SMILES string of the molecule is CN(CC(=O)O)CC1CN(C(=O)COc2ccc(Cl)cc2Cl)CCO1. The van der Waals surface area contributed by atoms with Crippen LogP contribution in [-0.4, -0.2) is 79.3 Å². The molecule has 25 heavy (non-hydrogen) atoms. The molecule has 1 aromatic rings. The Morgan fingerprint density at radius 2 is 2.20 bits per heavy atom. The predicted molar refractivity (Wildman–Crippen MR) is 93.4 cm³/mol. The van der Waals surface area contributed by atoms with Gasteiger partial charge in [0.15, 0.2) is 6.61 Å². The smallest absolute Gasteiger partial charge is 0.317 e. The highest BCUT2D eigenvalue weighted by Gasteiger charge is 2.26. The van der Waals surface area contributed by atoms with Crippen molar-refractivity contribution in [2.75, 3.05) is 46.4 Å². The van der Waals surface area contributed by atoms with Gasteiger partial charge < -0.3 is 19.5 Å². The Morgan fingerprint density at radius 3 is 2.88 bits per heavy atom. The van der Waals surface area contributed by atoms with E-state index in [9.17, 15) is 9.59 Å². The van der Waals surface area contributed by atoms with Crippen molar-refractivity contribution in [3.8, 4) is 5.75 Å². The molecule has 0 radical (unpaired) electrons. The Morgan fingerprint density at radius 1 is 1.44 bits per heavy atom. The lowest BCUT2D eigenvalue weighted by Crippen LogP contribution is -2.50. The number of carbonyl (C=O) groups is 2. The summed E-state index contributed by atoms with van der Waals surface area (Å²) >= 11 is 11.8. The number of rotatable bonds is 7. The fraction of sp³-hybridized carbons (Fsp3) is 0.500. The Hall–Kier alpha value is -1.54. The summed E-state index contributed by atoms with van der Waals surface area (Å²) in [6.07, 6.45) is -0.235. The Labute approximate surface area is 156 Å². The normalized spacial score (nSPS) is 17.6. The van der Waals surface area contributed by atoms with E-state index in [4.69, 9.17) is 37.8 Å². The van der Waals surface area contributed by atoms with Crippen LogP contribution in [-0.2, 0) is 14.3 Å². The number of carbonyl (C=O) groups excluding carboxylic acids is 1. The van der Waals surface area contributed by atoms with E-state index in [1.807, 2.05) is 0 Å². The van der Waals surface area contributed by atoms with Crippen molar-refractivity contribution >= 4 is 35.1 Å². The average molecular weight is 391 g/mol. The first-order chi connectivity index (χ1) is 11.8. The van der Waals surface area contributed by atoms with Crippen molar-refractivity contribution in [2.24, 2.45) is 0 Å². The van der Waals surface area contributed by atoms with E-state index >= 15 is 0 Å². The molecule has 138 valence electrons. The van der Waals surface area contributed by atoms with Gasteiger partial charge in [0.05, 0.1) is 24.3 Å². The van der Waals surface area contributed by atoms with Gasteiger partial charge in [-0.15, -0.1) is 0 Å². The number of ether oxygens (including phenoxy) is 2. The molecule has 1 saturated heterocycles. The van der Waals surface area contributed by atoms with E-state index in [2.05, 4.69) is 0 Å².